The van der Waals surface area contributed by atoms with Gasteiger partial charge in [-0.3, -0.25) is 14.8 Å². The van der Waals surface area contributed by atoms with Crippen molar-refractivity contribution < 1.29 is 9.21 Å². The second kappa shape index (κ2) is 6.30. The third-order valence-corrected chi connectivity index (χ3v) is 4.59. The lowest BCUT2D eigenvalue weighted by molar-refractivity contribution is 0.102. The lowest BCUT2D eigenvalue weighted by Crippen LogP contribution is -2.28. The van der Waals surface area contributed by atoms with Crippen LogP contribution in [0.5, 0.6) is 0 Å². The van der Waals surface area contributed by atoms with Crippen LogP contribution < -0.4 is 21.7 Å². The first kappa shape index (κ1) is 16.3. The molecule has 0 bridgehead atoms. The molecular formula is C18H20N6O2. The van der Waals surface area contributed by atoms with E-state index in [0.717, 1.165) is 30.8 Å². The van der Waals surface area contributed by atoms with Crippen molar-refractivity contribution in [1.82, 2.24) is 9.97 Å². The molecule has 1 amide bonds. The molecule has 4 rings (SSSR count). The van der Waals surface area contributed by atoms with Crippen molar-refractivity contribution in [2.75, 3.05) is 29.0 Å². The standard InChI is InChI=1S/C18H20N6O2/c1-10-7-21-8-12(16(10)24-6-4-11(19)9-24)23-18(25)14-15-13(26-17(14)20)3-2-5-22-15/h2-3,5,7-8,11H,4,6,9,19-20H2,1H3,(H,23,25). The van der Waals surface area contributed by atoms with Crippen LogP contribution in [0.4, 0.5) is 17.3 Å². The van der Waals surface area contributed by atoms with Gasteiger partial charge in [0.2, 0.25) is 5.88 Å². The predicted molar refractivity (Wildman–Crippen MR) is 100 cm³/mol. The summed E-state index contributed by atoms with van der Waals surface area (Å²) >= 11 is 0. The van der Waals surface area contributed by atoms with Gasteiger partial charge < -0.3 is 26.1 Å². The van der Waals surface area contributed by atoms with E-state index in [2.05, 4.69) is 20.2 Å². The zero-order valence-corrected chi connectivity index (χ0v) is 14.4. The molecular weight excluding hydrogens is 332 g/mol. The maximum atomic E-state index is 12.9. The second-order valence-corrected chi connectivity index (χ2v) is 6.49. The first-order valence-electron chi connectivity index (χ1n) is 8.44. The molecule has 1 unspecified atom stereocenters. The molecule has 4 heterocycles. The minimum Gasteiger partial charge on any atom is -0.438 e. The summed E-state index contributed by atoms with van der Waals surface area (Å²) in [6.07, 6.45) is 5.92. The number of carbonyl (C=O) groups is 1. The maximum Gasteiger partial charge on any atom is 0.263 e. The highest BCUT2D eigenvalue weighted by molar-refractivity contribution is 6.15. The monoisotopic (exact) mass is 352 g/mol. The van der Waals surface area contributed by atoms with E-state index in [4.69, 9.17) is 15.9 Å². The topological polar surface area (TPSA) is 123 Å². The van der Waals surface area contributed by atoms with Gasteiger partial charge >= 0.3 is 0 Å². The van der Waals surface area contributed by atoms with E-state index in [1.807, 2.05) is 6.92 Å². The van der Waals surface area contributed by atoms with E-state index in [0.29, 0.717) is 16.8 Å². The molecule has 8 heteroatoms. The molecule has 5 N–H and O–H groups in total. The van der Waals surface area contributed by atoms with Crippen molar-refractivity contribution in [3.8, 4) is 0 Å². The average Bonchev–Trinajstić information content (AvgIpc) is 3.17. The number of nitrogens with zero attached hydrogens (tertiary/aromatic N) is 3. The SMILES string of the molecule is Cc1cncc(NC(=O)c2c(N)oc3cccnc23)c1N1CCC(N)C1. The molecule has 0 radical (unpaired) electrons. The zero-order chi connectivity index (χ0) is 18.3. The molecule has 26 heavy (non-hydrogen) atoms. The van der Waals surface area contributed by atoms with Gasteiger partial charge in [-0.15, -0.1) is 0 Å². The zero-order valence-electron chi connectivity index (χ0n) is 14.4. The van der Waals surface area contributed by atoms with Crippen LogP contribution in [0.3, 0.4) is 0 Å². The number of nitrogens with one attached hydrogen (secondary N) is 1. The van der Waals surface area contributed by atoms with Gasteiger partial charge in [-0.25, -0.2) is 0 Å². The fraction of sp³-hybridized carbons (Fsp3) is 0.278. The van der Waals surface area contributed by atoms with Gasteiger partial charge in [0, 0.05) is 31.5 Å². The van der Waals surface area contributed by atoms with E-state index in [9.17, 15) is 4.79 Å². The number of hydrogen-bond donors (Lipinski definition) is 3. The highest BCUT2D eigenvalue weighted by Gasteiger charge is 2.26. The van der Waals surface area contributed by atoms with Gasteiger partial charge in [0.1, 0.15) is 11.1 Å². The number of nitrogens with two attached hydrogens (primary N) is 2. The first-order chi connectivity index (χ1) is 12.5. The molecule has 3 aromatic rings. The quantitative estimate of drug-likeness (QED) is 0.658. The molecule has 1 aliphatic heterocycles. The summed E-state index contributed by atoms with van der Waals surface area (Å²) in [4.78, 5) is 23.5. The number of furan rings is 1. The maximum absolute atomic E-state index is 12.9. The summed E-state index contributed by atoms with van der Waals surface area (Å²) in [5.74, 6) is -0.335. The predicted octanol–water partition coefficient (Wildman–Crippen LogP) is 1.90. The van der Waals surface area contributed by atoms with Gasteiger partial charge in [-0.2, -0.15) is 0 Å². The summed E-state index contributed by atoms with van der Waals surface area (Å²) in [6, 6.07) is 3.58. The molecule has 0 aromatic carbocycles. The largest absolute Gasteiger partial charge is 0.438 e. The third-order valence-electron chi connectivity index (χ3n) is 4.59. The Bertz CT molecular complexity index is 983. The van der Waals surface area contributed by atoms with Crippen LogP contribution in [0.25, 0.3) is 11.1 Å². The van der Waals surface area contributed by atoms with E-state index in [1.54, 1.807) is 30.7 Å². The number of hydrogen-bond acceptors (Lipinski definition) is 7. The molecule has 8 nitrogen and oxygen atoms in total. The van der Waals surface area contributed by atoms with Crippen LogP contribution >= 0.6 is 0 Å². The number of anilines is 3. The van der Waals surface area contributed by atoms with E-state index in [-0.39, 0.29) is 23.4 Å². The Balaban J connectivity index is 1.70. The normalized spacial score (nSPS) is 17.0. The van der Waals surface area contributed by atoms with Crippen LogP contribution in [0, 0.1) is 6.92 Å². The lowest BCUT2D eigenvalue weighted by Gasteiger charge is -2.23. The van der Waals surface area contributed by atoms with Gasteiger partial charge in [-0.05, 0) is 31.0 Å². The molecule has 1 saturated heterocycles. The van der Waals surface area contributed by atoms with Crippen molar-refractivity contribution >= 4 is 34.3 Å². The Hall–Kier alpha value is -3.13. The number of fused-ring (bicyclic) bond motifs is 1. The van der Waals surface area contributed by atoms with Crippen molar-refractivity contribution in [1.29, 1.82) is 0 Å². The van der Waals surface area contributed by atoms with Gasteiger partial charge in [0.15, 0.2) is 5.58 Å². The number of carbonyl (C=O) groups excluding carboxylic acids is 1. The number of pyridine rings is 2. The van der Waals surface area contributed by atoms with Crippen LogP contribution in [0.15, 0.2) is 35.1 Å². The summed E-state index contributed by atoms with van der Waals surface area (Å²) in [5, 5.41) is 2.91. The lowest BCUT2D eigenvalue weighted by atomic mass is 10.2. The molecule has 0 saturated carbocycles. The van der Waals surface area contributed by atoms with E-state index >= 15 is 0 Å². The van der Waals surface area contributed by atoms with Crippen LogP contribution in [0.2, 0.25) is 0 Å². The number of amides is 1. The fourth-order valence-electron chi connectivity index (χ4n) is 3.41. The van der Waals surface area contributed by atoms with Crippen molar-refractivity contribution in [3.05, 3.63) is 41.9 Å². The highest BCUT2D eigenvalue weighted by atomic mass is 16.3. The molecule has 0 aliphatic carbocycles. The summed E-state index contributed by atoms with van der Waals surface area (Å²) < 4.78 is 5.44. The summed E-state index contributed by atoms with van der Waals surface area (Å²) in [6.45, 7) is 3.55. The Kier molecular flexibility index (Phi) is 3.96. The average molecular weight is 352 g/mol. The summed E-state index contributed by atoms with van der Waals surface area (Å²) in [5.41, 5.74) is 15.6. The number of aryl methyl sites for hydroxylation is 1. The van der Waals surface area contributed by atoms with Crippen LogP contribution in [-0.4, -0.2) is 35.0 Å². The molecule has 1 atom stereocenters. The molecule has 0 spiro atoms. The number of rotatable bonds is 3. The van der Waals surface area contributed by atoms with Gasteiger partial charge in [0.05, 0.1) is 17.6 Å². The smallest absolute Gasteiger partial charge is 0.263 e. The Morgan fingerprint density at radius 3 is 3.04 bits per heavy atom. The Labute approximate surface area is 150 Å². The minimum atomic E-state index is -0.378. The van der Waals surface area contributed by atoms with Crippen LogP contribution in [0.1, 0.15) is 22.3 Å². The van der Waals surface area contributed by atoms with Gasteiger partial charge in [-0.1, -0.05) is 0 Å². The molecule has 1 aliphatic rings. The molecule has 134 valence electrons. The molecule has 1 fully saturated rings. The molecule has 3 aromatic heterocycles. The van der Waals surface area contributed by atoms with Crippen molar-refractivity contribution in [3.63, 3.8) is 0 Å². The van der Waals surface area contributed by atoms with Gasteiger partial charge in [0.25, 0.3) is 5.91 Å². The fourth-order valence-corrected chi connectivity index (χ4v) is 3.41. The number of aromatic nitrogens is 2. The summed E-state index contributed by atoms with van der Waals surface area (Å²) in [7, 11) is 0. The second-order valence-electron chi connectivity index (χ2n) is 6.49. The third kappa shape index (κ3) is 2.74. The highest BCUT2D eigenvalue weighted by Crippen LogP contribution is 2.33. The van der Waals surface area contributed by atoms with Crippen molar-refractivity contribution in [2.45, 2.75) is 19.4 Å². The van der Waals surface area contributed by atoms with E-state index in [1.165, 1.54) is 0 Å². The number of nitrogen functional groups attached to an aromatic ring is 1. The van der Waals surface area contributed by atoms with Crippen molar-refractivity contribution in [2.24, 2.45) is 5.73 Å². The first-order valence-corrected chi connectivity index (χ1v) is 8.44. The van der Waals surface area contributed by atoms with Crippen LogP contribution in [-0.2, 0) is 0 Å². The Morgan fingerprint density at radius 2 is 2.27 bits per heavy atom. The minimum absolute atomic E-state index is 0.0431. The van der Waals surface area contributed by atoms with E-state index < -0.39 is 0 Å². The Morgan fingerprint density at radius 1 is 1.42 bits per heavy atom.